The smallest absolute Gasteiger partial charge is 0.271 e. The molecular formula is C19H23FN4O3S. The number of hydrogen-bond acceptors (Lipinski definition) is 6. The molecule has 0 saturated heterocycles. The minimum absolute atomic E-state index is 0.0970. The van der Waals surface area contributed by atoms with Gasteiger partial charge in [0.15, 0.2) is 9.84 Å². The molecule has 2 aromatic rings. The maximum absolute atomic E-state index is 13.7. The van der Waals surface area contributed by atoms with Gasteiger partial charge in [-0.1, -0.05) is 18.2 Å². The Morgan fingerprint density at radius 3 is 2.54 bits per heavy atom. The van der Waals surface area contributed by atoms with Crippen molar-refractivity contribution >= 4 is 21.6 Å². The summed E-state index contributed by atoms with van der Waals surface area (Å²) in [4.78, 5) is 20.4. The lowest BCUT2D eigenvalue weighted by molar-refractivity contribution is 0.0941. The largest absolute Gasteiger partial charge is 0.362 e. The summed E-state index contributed by atoms with van der Waals surface area (Å²) in [5, 5.41) is 6.77. The first-order valence-corrected chi connectivity index (χ1v) is 10.5. The third-order valence-electron chi connectivity index (χ3n) is 4.00. The highest BCUT2D eigenvalue weighted by molar-refractivity contribution is 7.93. The van der Waals surface area contributed by atoms with Gasteiger partial charge in [-0.05, 0) is 38.0 Å². The third-order valence-corrected chi connectivity index (χ3v) is 4.65. The lowest BCUT2D eigenvalue weighted by Crippen LogP contribution is -2.32. The van der Waals surface area contributed by atoms with E-state index in [2.05, 4.69) is 20.6 Å². The van der Waals surface area contributed by atoms with Crippen LogP contribution in [0, 0.1) is 12.7 Å². The summed E-state index contributed by atoms with van der Waals surface area (Å²) in [6.07, 6.45) is 5.17. The highest BCUT2D eigenvalue weighted by atomic mass is 32.2. The summed E-state index contributed by atoms with van der Waals surface area (Å²) in [5.74, 6) is -0.306. The molecule has 0 fully saturated rings. The summed E-state index contributed by atoms with van der Waals surface area (Å²) in [6.45, 7) is 5.23. The lowest BCUT2D eigenvalue weighted by atomic mass is 10.0. The monoisotopic (exact) mass is 406 g/mol. The molecule has 1 heterocycles. The van der Waals surface area contributed by atoms with Crippen molar-refractivity contribution in [3.63, 3.8) is 0 Å². The number of rotatable bonds is 7. The van der Waals surface area contributed by atoms with Gasteiger partial charge < -0.3 is 10.6 Å². The molecule has 7 nitrogen and oxygen atoms in total. The van der Waals surface area contributed by atoms with Gasteiger partial charge in [0.1, 0.15) is 17.3 Å². The van der Waals surface area contributed by atoms with Gasteiger partial charge >= 0.3 is 0 Å². The van der Waals surface area contributed by atoms with Crippen molar-refractivity contribution in [2.75, 3.05) is 11.6 Å². The normalized spacial score (nSPS) is 13.9. The van der Waals surface area contributed by atoms with Crippen molar-refractivity contribution in [1.29, 1.82) is 0 Å². The van der Waals surface area contributed by atoms with Gasteiger partial charge in [-0.3, -0.25) is 4.79 Å². The number of halogens is 1. The zero-order valence-electron chi connectivity index (χ0n) is 16.1. The molecule has 2 N–H and O–H groups in total. The maximum Gasteiger partial charge on any atom is 0.271 e. The average molecular weight is 406 g/mol. The van der Waals surface area contributed by atoms with E-state index in [9.17, 15) is 17.6 Å². The first-order chi connectivity index (χ1) is 13.1. The fraction of sp³-hybridized carbons (Fsp3) is 0.316. The molecule has 1 amide bonds. The SMILES string of the molecule is Cc1c(F)cccc1C(C)Nc1cnc(C(=O)N[C@H](C)/C=C/S(C)(=O)=O)cn1. The fourth-order valence-electron chi connectivity index (χ4n) is 2.50. The molecule has 9 heteroatoms. The number of carbonyl (C=O) groups is 1. The van der Waals surface area contributed by atoms with Crippen LogP contribution in [0.1, 0.15) is 41.5 Å². The number of benzene rings is 1. The van der Waals surface area contributed by atoms with Gasteiger partial charge in [0, 0.05) is 17.7 Å². The minimum Gasteiger partial charge on any atom is -0.362 e. The standard InChI is InChI=1S/C19H23FN4O3S/c1-12(8-9-28(4,26)27)23-19(25)17-10-22-18(11-21-17)24-14(3)15-6-5-7-16(20)13(15)2/h5-12,14H,1-4H3,(H,22,24)(H,23,25)/b9-8+/t12-,14?/m1/s1. The molecule has 0 saturated carbocycles. The molecule has 150 valence electrons. The summed E-state index contributed by atoms with van der Waals surface area (Å²) in [5.41, 5.74) is 1.46. The molecular weight excluding hydrogens is 383 g/mol. The van der Waals surface area contributed by atoms with Crippen molar-refractivity contribution in [2.24, 2.45) is 0 Å². The maximum atomic E-state index is 13.7. The fourth-order valence-corrected chi connectivity index (χ4v) is 3.02. The topological polar surface area (TPSA) is 101 Å². The van der Waals surface area contributed by atoms with Crippen LogP contribution in [0.5, 0.6) is 0 Å². The molecule has 0 aliphatic heterocycles. The van der Waals surface area contributed by atoms with E-state index in [-0.39, 0.29) is 17.6 Å². The lowest BCUT2D eigenvalue weighted by Gasteiger charge is -2.17. The Morgan fingerprint density at radius 2 is 1.93 bits per heavy atom. The van der Waals surface area contributed by atoms with Gasteiger partial charge in [0.2, 0.25) is 0 Å². The quantitative estimate of drug-likeness (QED) is 0.733. The van der Waals surface area contributed by atoms with Crippen molar-refractivity contribution in [1.82, 2.24) is 15.3 Å². The average Bonchev–Trinajstić information content (AvgIpc) is 2.62. The van der Waals surface area contributed by atoms with Crippen LogP contribution in [0.25, 0.3) is 0 Å². The van der Waals surface area contributed by atoms with E-state index in [0.717, 1.165) is 17.2 Å². The van der Waals surface area contributed by atoms with Crippen LogP contribution in [0.3, 0.4) is 0 Å². The minimum atomic E-state index is -3.26. The molecule has 2 rings (SSSR count). The Morgan fingerprint density at radius 1 is 1.21 bits per heavy atom. The number of nitrogens with one attached hydrogen (secondary N) is 2. The van der Waals surface area contributed by atoms with Gasteiger partial charge in [0.25, 0.3) is 5.91 Å². The number of carbonyl (C=O) groups excluding carboxylic acids is 1. The Kier molecular flexibility index (Phi) is 6.85. The molecule has 1 unspecified atom stereocenters. The van der Waals surface area contributed by atoms with Crippen LogP contribution in [0.2, 0.25) is 0 Å². The zero-order chi connectivity index (χ0) is 20.9. The second kappa shape index (κ2) is 8.92. The summed E-state index contributed by atoms with van der Waals surface area (Å²) >= 11 is 0. The van der Waals surface area contributed by atoms with Gasteiger partial charge in [-0.25, -0.2) is 22.8 Å². The molecule has 28 heavy (non-hydrogen) atoms. The van der Waals surface area contributed by atoms with Crippen LogP contribution in [0.15, 0.2) is 42.1 Å². The van der Waals surface area contributed by atoms with Gasteiger partial charge in [-0.15, -0.1) is 0 Å². The Bertz CT molecular complexity index is 975. The van der Waals surface area contributed by atoms with Crippen molar-refractivity contribution in [3.05, 3.63) is 64.7 Å². The summed E-state index contributed by atoms with van der Waals surface area (Å²) in [7, 11) is -3.26. The van der Waals surface area contributed by atoms with Crippen molar-refractivity contribution < 1.29 is 17.6 Å². The first kappa shape index (κ1) is 21.5. The molecule has 0 aliphatic carbocycles. The second-order valence-electron chi connectivity index (χ2n) is 6.53. The number of sulfone groups is 1. The van der Waals surface area contributed by atoms with Crippen LogP contribution in [-0.4, -0.2) is 36.6 Å². The molecule has 0 spiro atoms. The van der Waals surface area contributed by atoms with Crippen LogP contribution >= 0.6 is 0 Å². The van der Waals surface area contributed by atoms with E-state index >= 15 is 0 Å². The van der Waals surface area contributed by atoms with Crippen LogP contribution < -0.4 is 10.6 Å². The van der Waals surface area contributed by atoms with E-state index < -0.39 is 21.8 Å². The van der Waals surface area contributed by atoms with E-state index in [1.165, 1.54) is 24.5 Å². The summed E-state index contributed by atoms with van der Waals surface area (Å²) < 4.78 is 35.9. The van der Waals surface area contributed by atoms with Gasteiger partial charge in [0.05, 0.1) is 18.4 Å². The predicted octanol–water partition coefficient (Wildman–Crippen LogP) is 2.77. The van der Waals surface area contributed by atoms with E-state index in [0.29, 0.717) is 11.4 Å². The molecule has 0 aliphatic rings. The van der Waals surface area contributed by atoms with Crippen LogP contribution in [-0.2, 0) is 9.84 Å². The predicted molar refractivity (Wildman–Crippen MR) is 106 cm³/mol. The first-order valence-electron chi connectivity index (χ1n) is 8.59. The summed E-state index contributed by atoms with van der Waals surface area (Å²) in [6, 6.07) is 4.19. The van der Waals surface area contributed by atoms with E-state index in [1.807, 2.05) is 13.0 Å². The van der Waals surface area contributed by atoms with E-state index in [4.69, 9.17) is 0 Å². The molecule has 2 atom stereocenters. The number of aromatic nitrogens is 2. The zero-order valence-corrected chi connectivity index (χ0v) is 16.9. The Labute approximate surface area is 164 Å². The van der Waals surface area contributed by atoms with Crippen molar-refractivity contribution in [3.8, 4) is 0 Å². The second-order valence-corrected chi connectivity index (χ2v) is 8.46. The number of nitrogens with zero attached hydrogens (tertiary/aromatic N) is 2. The van der Waals surface area contributed by atoms with Crippen LogP contribution in [0.4, 0.5) is 10.2 Å². The Balaban J connectivity index is 2.02. The molecule has 1 aromatic heterocycles. The molecule has 0 bridgehead atoms. The Hall–Kier alpha value is -2.81. The third kappa shape index (κ3) is 6.12. The van der Waals surface area contributed by atoms with Gasteiger partial charge in [-0.2, -0.15) is 0 Å². The van der Waals surface area contributed by atoms with E-state index in [1.54, 1.807) is 19.9 Å². The van der Waals surface area contributed by atoms with Crippen molar-refractivity contribution in [2.45, 2.75) is 32.9 Å². The number of amides is 1. The number of anilines is 1. The molecule has 1 aromatic carbocycles. The highest BCUT2D eigenvalue weighted by Crippen LogP contribution is 2.22. The highest BCUT2D eigenvalue weighted by Gasteiger charge is 2.14. The molecule has 0 radical (unpaired) electrons. The number of hydrogen-bond donors (Lipinski definition) is 2.